The average molecular weight is 334 g/mol. The number of aromatic nitrogens is 2. The van der Waals surface area contributed by atoms with Crippen LogP contribution in [-0.2, 0) is 11.3 Å². The van der Waals surface area contributed by atoms with Gasteiger partial charge in [-0.15, -0.1) is 0 Å². The Hall–Kier alpha value is -2.22. The molecule has 5 nitrogen and oxygen atoms in total. The number of ether oxygens (including phenoxy) is 1. The number of carbonyl (C=O) groups is 1. The van der Waals surface area contributed by atoms with Crippen molar-refractivity contribution in [3.05, 3.63) is 41.4 Å². The van der Waals surface area contributed by atoms with Crippen LogP contribution in [0.2, 0.25) is 5.02 Å². The number of anilines is 1. The highest BCUT2D eigenvalue weighted by Crippen LogP contribution is 2.27. The van der Waals surface area contributed by atoms with Gasteiger partial charge in [0, 0.05) is 25.2 Å². The van der Waals surface area contributed by atoms with E-state index in [1.165, 1.54) is 17.1 Å². The molecule has 0 spiro atoms. The molecular formula is C13H11ClF3N3O2. The summed E-state index contributed by atoms with van der Waals surface area (Å²) in [5.41, 5.74) is -0.0369. The summed E-state index contributed by atoms with van der Waals surface area (Å²) < 4.78 is 43.2. The van der Waals surface area contributed by atoms with E-state index in [1.807, 2.05) is 0 Å². The van der Waals surface area contributed by atoms with Crippen LogP contribution in [0.3, 0.4) is 0 Å². The minimum Gasteiger partial charge on any atom is -0.432 e. The highest BCUT2D eigenvalue weighted by molar-refractivity contribution is 6.30. The predicted octanol–water partition coefficient (Wildman–Crippen LogP) is 3.31. The summed E-state index contributed by atoms with van der Waals surface area (Å²) in [5, 5.41) is 6.71. The molecule has 1 aromatic carbocycles. The van der Waals surface area contributed by atoms with Gasteiger partial charge in [0.25, 0.3) is 0 Å². The summed E-state index contributed by atoms with van der Waals surface area (Å²) in [5.74, 6) is -1.65. The summed E-state index contributed by atoms with van der Waals surface area (Å²) in [6.07, 6.45) is 3.00. The molecule has 0 atom stereocenters. The molecular weight excluding hydrogens is 323 g/mol. The fraction of sp³-hybridized carbons (Fsp3) is 0.231. The van der Waals surface area contributed by atoms with E-state index >= 15 is 0 Å². The maximum atomic E-state index is 13.0. The molecule has 0 aliphatic heterocycles. The molecule has 1 heterocycles. The van der Waals surface area contributed by atoms with Crippen LogP contribution in [0.5, 0.6) is 5.75 Å². The first-order valence-electron chi connectivity index (χ1n) is 6.16. The number of carbonyl (C=O) groups excluding carboxylic acids is 1. The normalized spacial score (nSPS) is 10.8. The summed E-state index contributed by atoms with van der Waals surface area (Å²) in [7, 11) is 0. The standard InChI is InChI=1S/C13H11ClF3N3O2/c14-8-6-18-20(7-8)4-3-12(21)19-10-2-1-9(15)5-11(10)22-13(16)17/h1-2,5-7,13H,3-4H2,(H,19,21). The molecule has 1 N–H and O–H groups in total. The van der Waals surface area contributed by atoms with E-state index in [9.17, 15) is 18.0 Å². The smallest absolute Gasteiger partial charge is 0.387 e. The van der Waals surface area contributed by atoms with Crippen molar-refractivity contribution in [1.29, 1.82) is 0 Å². The number of nitrogens with one attached hydrogen (secondary N) is 1. The quantitative estimate of drug-likeness (QED) is 0.882. The Morgan fingerprint density at radius 3 is 2.86 bits per heavy atom. The largest absolute Gasteiger partial charge is 0.432 e. The number of benzene rings is 1. The molecule has 0 aliphatic carbocycles. The molecule has 0 bridgehead atoms. The highest BCUT2D eigenvalue weighted by atomic mass is 35.5. The number of hydrogen-bond donors (Lipinski definition) is 1. The number of aryl methyl sites for hydroxylation is 1. The molecule has 0 aliphatic rings. The zero-order chi connectivity index (χ0) is 16.1. The lowest BCUT2D eigenvalue weighted by Gasteiger charge is -2.12. The molecule has 0 unspecified atom stereocenters. The van der Waals surface area contributed by atoms with Crippen LogP contribution in [0.25, 0.3) is 0 Å². The molecule has 0 saturated heterocycles. The zero-order valence-electron chi connectivity index (χ0n) is 11.1. The monoisotopic (exact) mass is 333 g/mol. The average Bonchev–Trinajstić information content (AvgIpc) is 2.85. The van der Waals surface area contributed by atoms with E-state index in [4.69, 9.17) is 11.6 Å². The number of alkyl halides is 2. The summed E-state index contributed by atoms with van der Waals surface area (Å²) in [4.78, 5) is 11.8. The van der Waals surface area contributed by atoms with E-state index in [2.05, 4.69) is 15.2 Å². The molecule has 118 valence electrons. The van der Waals surface area contributed by atoms with Gasteiger partial charge in [-0.2, -0.15) is 13.9 Å². The van der Waals surface area contributed by atoms with Gasteiger partial charge in [-0.25, -0.2) is 4.39 Å². The SMILES string of the molecule is O=C(CCn1cc(Cl)cn1)Nc1ccc(F)cc1OC(F)F. The first kappa shape index (κ1) is 16.2. The van der Waals surface area contributed by atoms with Crippen LogP contribution in [0, 0.1) is 5.82 Å². The molecule has 2 aromatic rings. The summed E-state index contributed by atoms with van der Waals surface area (Å²) in [6, 6.07) is 2.95. The van der Waals surface area contributed by atoms with Gasteiger partial charge < -0.3 is 10.1 Å². The van der Waals surface area contributed by atoms with Crippen molar-refractivity contribution >= 4 is 23.2 Å². The number of amides is 1. The van der Waals surface area contributed by atoms with E-state index < -0.39 is 24.1 Å². The van der Waals surface area contributed by atoms with Crippen molar-refractivity contribution < 1.29 is 22.7 Å². The number of rotatable bonds is 6. The van der Waals surface area contributed by atoms with Gasteiger partial charge >= 0.3 is 6.61 Å². The Kier molecular flexibility index (Phi) is 5.26. The van der Waals surface area contributed by atoms with Crippen LogP contribution in [-0.4, -0.2) is 22.3 Å². The maximum absolute atomic E-state index is 13.0. The van der Waals surface area contributed by atoms with Gasteiger partial charge in [0.05, 0.1) is 16.9 Å². The fourth-order valence-electron chi connectivity index (χ4n) is 1.68. The van der Waals surface area contributed by atoms with E-state index in [-0.39, 0.29) is 18.7 Å². The second-order valence-electron chi connectivity index (χ2n) is 4.24. The van der Waals surface area contributed by atoms with E-state index in [0.29, 0.717) is 5.02 Å². The predicted molar refractivity (Wildman–Crippen MR) is 73.5 cm³/mol. The second kappa shape index (κ2) is 7.17. The lowest BCUT2D eigenvalue weighted by molar-refractivity contribution is -0.116. The third kappa shape index (κ3) is 4.66. The van der Waals surface area contributed by atoms with E-state index in [1.54, 1.807) is 0 Å². The third-order valence-electron chi connectivity index (χ3n) is 2.60. The van der Waals surface area contributed by atoms with Crippen LogP contribution in [0.15, 0.2) is 30.6 Å². The summed E-state index contributed by atoms with van der Waals surface area (Å²) >= 11 is 5.68. The molecule has 0 fully saturated rings. The molecule has 2 rings (SSSR count). The Morgan fingerprint density at radius 2 is 2.23 bits per heavy atom. The van der Waals surface area contributed by atoms with Crippen LogP contribution >= 0.6 is 11.6 Å². The zero-order valence-corrected chi connectivity index (χ0v) is 11.9. The molecule has 22 heavy (non-hydrogen) atoms. The summed E-state index contributed by atoms with van der Waals surface area (Å²) in [6.45, 7) is -2.87. The van der Waals surface area contributed by atoms with Gasteiger partial charge in [0.2, 0.25) is 5.91 Å². The Bertz CT molecular complexity index is 664. The van der Waals surface area contributed by atoms with Crippen LogP contribution in [0.1, 0.15) is 6.42 Å². The number of halogens is 4. The van der Waals surface area contributed by atoms with Crippen molar-refractivity contribution in [2.24, 2.45) is 0 Å². The molecule has 1 amide bonds. The van der Waals surface area contributed by atoms with Crippen molar-refractivity contribution in [3.63, 3.8) is 0 Å². The number of hydrogen-bond acceptors (Lipinski definition) is 3. The van der Waals surface area contributed by atoms with Crippen molar-refractivity contribution in [2.45, 2.75) is 19.6 Å². The van der Waals surface area contributed by atoms with Gasteiger partial charge in [-0.1, -0.05) is 11.6 Å². The molecule has 1 aromatic heterocycles. The first-order valence-corrected chi connectivity index (χ1v) is 6.54. The van der Waals surface area contributed by atoms with Gasteiger partial charge in [0.1, 0.15) is 5.82 Å². The van der Waals surface area contributed by atoms with Gasteiger partial charge in [-0.05, 0) is 12.1 Å². The van der Waals surface area contributed by atoms with Crippen molar-refractivity contribution in [3.8, 4) is 5.75 Å². The lowest BCUT2D eigenvalue weighted by Crippen LogP contribution is -2.16. The van der Waals surface area contributed by atoms with E-state index in [0.717, 1.165) is 18.2 Å². The lowest BCUT2D eigenvalue weighted by atomic mass is 10.2. The minimum atomic E-state index is -3.12. The van der Waals surface area contributed by atoms with Gasteiger partial charge in [0.15, 0.2) is 5.75 Å². The first-order chi connectivity index (χ1) is 10.4. The Morgan fingerprint density at radius 1 is 1.45 bits per heavy atom. The number of nitrogens with zero attached hydrogens (tertiary/aromatic N) is 2. The van der Waals surface area contributed by atoms with Crippen LogP contribution < -0.4 is 10.1 Å². The van der Waals surface area contributed by atoms with Crippen molar-refractivity contribution in [1.82, 2.24) is 9.78 Å². The fourth-order valence-corrected chi connectivity index (χ4v) is 1.84. The maximum Gasteiger partial charge on any atom is 0.387 e. The third-order valence-corrected chi connectivity index (χ3v) is 2.80. The Balaban J connectivity index is 1.98. The minimum absolute atomic E-state index is 0.0313. The molecule has 0 radical (unpaired) electrons. The topological polar surface area (TPSA) is 56.2 Å². The van der Waals surface area contributed by atoms with Gasteiger partial charge in [-0.3, -0.25) is 9.48 Å². The molecule has 9 heteroatoms. The Labute approximate surface area is 128 Å². The highest BCUT2D eigenvalue weighted by Gasteiger charge is 2.13. The molecule has 0 saturated carbocycles. The second-order valence-corrected chi connectivity index (χ2v) is 4.68. The van der Waals surface area contributed by atoms with Crippen molar-refractivity contribution in [2.75, 3.05) is 5.32 Å². The van der Waals surface area contributed by atoms with Crippen LogP contribution in [0.4, 0.5) is 18.9 Å².